The number of halogens is 1. The molecule has 0 amide bonds. The Morgan fingerprint density at radius 2 is 1.84 bits per heavy atom. The number of nitrogens with zero attached hydrogens (tertiary/aromatic N) is 2. The molecule has 2 aromatic rings. The normalized spacial score (nSPS) is 19.3. The van der Waals surface area contributed by atoms with Crippen molar-refractivity contribution < 1.29 is 9.53 Å². The van der Waals surface area contributed by atoms with Gasteiger partial charge in [0, 0.05) is 38.8 Å². The van der Waals surface area contributed by atoms with Crippen molar-refractivity contribution in [2.45, 2.75) is 44.9 Å². The fourth-order valence-electron chi connectivity index (χ4n) is 3.85. The van der Waals surface area contributed by atoms with Gasteiger partial charge >= 0.3 is 5.97 Å². The Bertz CT molecular complexity index is 842. The van der Waals surface area contributed by atoms with E-state index in [0.29, 0.717) is 24.2 Å². The maximum absolute atomic E-state index is 11.5. The van der Waals surface area contributed by atoms with Gasteiger partial charge in [0.05, 0.1) is 12.7 Å². The van der Waals surface area contributed by atoms with E-state index in [2.05, 4.69) is 57.8 Å². The number of aliphatic imine (C=N–C) groups is 1. The second-order valence-corrected chi connectivity index (χ2v) is 7.79. The summed E-state index contributed by atoms with van der Waals surface area (Å²) in [6, 6.07) is 19.0. The SMILES string of the molecule is CN=C(NCc1ccc(C(=O)OC)cc1)NC1CCN(Cc2ccccc2)C(C)C1.I. The van der Waals surface area contributed by atoms with Crippen LogP contribution >= 0.6 is 24.0 Å². The second-order valence-electron chi connectivity index (χ2n) is 7.79. The zero-order chi connectivity index (χ0) is 21.3. The van der Waals surface area contributed by atoms with Gasteiger partial charge in [-0.1, -0.05) is 42.5 Å². The number of ether oxygens (including phenoxy) is 1. The third-order valence-corrected chi connectivity index (χ3v) is 5.64. The van der Waals surface area contributed by atoms with Crippen LogP contribution in [0, 0.1) is 0 Å². The van der Waals surface area contributed by atoms with Crippen LogP contribution in [0.2, 0.25) is 0 Å². The average molecular weight is 536 g/mol. The van der Waals surface area contributed by atoms with Crippen LogP contribution in [0.3, 0.4) is 0 Å². The third kappa shape index (κ3) is 7.50. The van der Waals surface area contributed by atoms with Gasteiger partial charge in [-0.3, -0.25) is 9.89 Å². The highest BCUT2D eigenvalue weighted by atomic mass is 127. The molecule has 2 unspecified atom stereocenters. The van der Waals surface area contributed by atoms with Gasteiger partial charge in [-0.25, -0.2) is 4.79 Å². The maximum Gasteiger partial charge on any atom is 0.337 e. The minimum Gasteiger partial charge on any atom is -0.465 e. The van der Waals surface area contributed by atoms with Crippen molar-refractivity contribution >= 4 is 35.9 Å². The molecule has 168 valence electrons. The molecule has 0 aliphatic carbocycles. The Labute approximate surface area is 202 Å². The number of likely N-dealkylation sites (tertiary alicyclic amines) is 1. The number of benzene rings is 2. The number of hydrogen-bond donors (Lipinski definition) is 2. The summed E-state index contributed by atoms with van der Waals surface area (Å²) < 4.78 is 4.74. The summed E-state index contributed by atoms with van der Waals surface area (Å²) in [6.07, 6.45) is 2.17. The first-order valence-electron chi connectivity index (χ1n) is 10.5. The molecule has 1 aliphatic heterocycles. The first-order chi connectivity index (χ1) is 14.6. The van der Waals surface area contributed by atoms with Gasteiger partial charge in [0.2, 0.25) is 0 Å². The minimum atomic E-state index is -0.320. The fourth-order valence-corrected chi connectivity index (χ4v) is 3.85. The third-order valence-electron chi connectivity index (χ3n) is 5.64. The molecule has 1 heterocycles. The van der Waals surface area contributed by atoms with Crippen molar-refractivity contribution in [1.29, 1.82) is 0 Å². The van der Waals surface area contributed by atoms with Crippen LogP contribution in [0.1, 0.15) is 41.3 Å². The van der Waals surface area contributed by atoms with Crippen LogP contribution in [0.25, 0.3) is 0 Å². The van der Waals surface area contributed by atoms with E-state index in [9.17, 15) is 4.79 Å². The molecule has 0 bridgehead atoms. The number of esters is 1. The molecule has 6 nitrogen and oxygen atoms in total. The Kier molecular flexibility index (Phi) is 10.3. The largest absolute Gasteiger partial charge is 0.465 e. The summed E-state index contributed by atoms with van der Waals surface area (Å²) in [5.74, 6) is 0.487. The van der Waals surface area contributed by atoms with E-state index >= 15 is 0 Å². The molecule has 1 aliphatic rings. The Hall–Kier alpha value is -2.13. The lowest BCUT2D eigenvalue weighted by Gasteiger charge is -2.38. The predicted molar refractivity (Wildman–Crippen MR) is 136 cm³/mol. The lowest BCUT2D eigenvalue weighted by Crippen LogP contribution is -2.51. The number of piperidine rings is 1. The number of nitrogens with one attached hydrogen (secondary N) is 2. The van der Waals surface area contributed by atoms with Crippen molar-refractivity contribution in [2.24, 2.45) is 4.99 Å². The standard InChI is InChI=1S/C24H32N4O2.HI/c1-18-15-22(13-14-28(18)17-20-7-5-4-6-8-20)27-24(25-2)26-16-19-9-11-21(12-10-19)23(29)30-3;/h4-12,18,22H,13-17H2,1-3H3,(H2,25,26,27);1H. The molecule has 1 saturated heterocycles. The molecule has 2 atom stereocenters. The van der Waals surface area contributed by atoms with E-state index in [1.165, 1.54) is 12.7 Å². The average Bonchev–Trinajstić information content (AvgIpc) is 2.79. The Balaban J connectivity index is 0.00000341. The van der Waals surface area contributed by atoms with Gasteiger partial charge in [0.1, 0.15) is 0 Å². The molecule has 3 rings (SSSR count). The number of methoxy groups -OCH3 is 1. The van der Waals surface area contributed by atoms with E-state index in [1.54, 1.807) is 19.2 Å². The van der Waals surface area contributed by atoms with E-state index in [1.807, 2.05) is 12.1 Å². The zero-order valence-electron chi connectivity index (χ0n) is 18.5. The quantitative estimate of drug-likeness (QED) is 0.255. The molecule has 2 N–H and O–H groups in total. The molecule has 7 heteroatoms. The number of rotatable bonds is 6. The number of hydrogen-bond acceptors (Lipinski definition) is 4. The van der Waals surface area contributed by atoms with Crippen LogP contribution in [-0.4, -0.2) is 49.6 Å². The molecule has 0 radical (unpaired) electrons. The molecule has 0 spiro atoms. The lowest BCUT2D eigenvalue weighted by molar-refractivity contribution is 0.0600. The first kappa shape index (κ1) is 25.1. The van der Waals surface area contributed by atoms with Crippen LogP contribution in [0.5, 0.6) is 0 Å². The van der Waals surface area contributed by atoms with Crippen molar-refractivity contribution in [3.8, 4) is 0 Å². The highest BCUT2D eigenvalue weighted by molar-refractivity contribution is 14.0. The van der Waals surface area contributed by atoms with Crippen LogP contribution < -0.4 is 10.6 Å². The highest BCUT2D eigenvalue weighted by Crippen LogP contribution is 2.20. The van der Waals surface area contributed by atoms with Crippen molar-refractivity contribution in [1.82, 2.24) is 15.5 Å². The zero-order valence-corrected chi connectivity index (χ0v) is 20.8. The first-order valence-corrected chi connectivity index (χ1v) is 10.5. The summed E-state index contributed by atoms with van der Waals surface area (Å²) in [7, 11) is 3.18. The number of carbonyl (C=O) groups excluding carboxylic acids is 1. The molecule has 2 aromatic carbocycles. The molecule has 31 heavy (non-hydrogen) atoms. The van der Waals surface area contributed by atoms with Crippen molar-refractivity contribution in [2.75, 3.05) is 20.7 Å². The van der Waals surface area contributed by atoms with Crippen molar-refractivity contribution in [3.63, 3.8) is 0 Å². The molecular formula is C24H33IN4O2. The minimum absolute atomic E-state index is 0. The summed E-state index contributed by atoms with van der Waals surface area (Å²) in [5.41, 5.74) is 3.00. The Morgan fingerprint density at radius 3 is 2.45 bits per heavy atom. The van der Waals surface area contributed by atoms with Gasteiger partial charge in [0.25, 0.3) is 0 Å². The number of guanidine groups is 1. The van der Waals surface area contributed by atoms with Crippen molar-refractivity contribution in [3.05, 3.63) is 71.3 Å². The smallest absolute Gasteiger partial charge is 0.337 e. The molecule has 0 saturated carbocycles. The van der Waals surface area contributed by atoms with E-state index in [-0.39, 0.29) is 29.9 Å². The topological polar surface area (TPSA) is 66.0 Å². The van der Waals surface area contributed by atoms with Crippen LogP contribution in [0.4, 0.5) is 0 Å². The van der Waals surface area contributed by atoms with Gasteiger partial charge in [0.15, 0.2) is 5.96 Å². The Morgan fingerprint density at radius 1 is 1.13 bits per heavy atom. The van der Waals surface area contributed by atoms with E-state index in [4.69, 9.17) is 4.74 Å². The van der Waals surface area contributed by atoms with Crippen LogP contribution in [-0.2, 0) is 17.8 Å². The summed E-state index contributed by atoms with van der Waals surface area (Å²) in [4.78, 5) is 18.5. The molecule has 0 aromatic heterocycles. The second kappa shape index (κ2) is 12.7. The summed E-state index contributed by atoms with van der Waals surface area (Å²) >= 11 is 0. The van der Waals surface area contributed by atoms with Gasteiger partial charge in [-0.15, -0.1) is 24.0 Å². The number of carbonyl (C=O) groups is 1. The summed E-state index contributed by atoms with van der Waals surface area (Å²) in [6.45, 7) is 5.02. The predicted octanol–water partition coefficient (Wildman–Crippen LogP) is 3.81. The monoisotopic (exact) mass is 536 g/mol. The van der Waals surface area contributed by atoms with Gasteiger partial charge < -0.3 is 15.4 Å². The van der Waals surface area contributed by atoms with E-state index < -0.39 is 0 Å². The lowest BCUT2D eigenvalue weighted by atomic mass is 9.97. The fraction of sp³-hybridized carbons (Fsp3) is 0.417. The maximum atomic E-state index is 11.5. The van der Waals surface area contributed by atoms with E-state index in [0.717, 1.165) is 37.5 Å². The van der Waals surface area contributed by atoms with Crippen LogP contribution in [0.15, 0.2) is 59.6 Å². The van der Waals surface area contributed by atoms with Gasteiger partial charge in [-0.2, -0.15) is 0 Å². The molecular weight excluding hydrogens is 503 g/mol. The van der Waals surface area contributed by atoms with Gasteiger partial charge in [-0.05, 0) is 43.0 Å². The highest BCUT2D eigenvalue weighted by Gasteiger charge is 2.25. The summed E-state index contributed by atoms with van der Waals surface area (Å²) in [5, 5.41) is 6.94. The molecule has 1 fully saturated rings.